The normalized spacial score (nSPS) is 28.5. The van der Waals surface area contributed by atoms with E-state index in [1.807, 2.05) is 6.92 Å². The topological polar surface area (TPSA) is 73.8 Å². The summed E-state index contributed by atoms with van der Waals surface area (Å²) in [5.41, 5.74) is 0. The molecule has 3 aliphatic rings. The van der Waals surface area contributed by atoms with E-state index < -0.39 is 0 Å². The lowest BCUT2D eigenvalue weighted by Crippen LogP contribution is -2.43. The summed E-state index contributed by atoms with van der Waals surface area (Å²) in [5, 5.41) is 8.60. The van der Waals surface area contributed by atoms with Gasteiger partial charge < -0.3 is 10.6 Å². The molecule has 2 bridgehead atoms. The van der Waals surface area contributed by atoms with Crippen LogP contribution in [0.1, 0.15) is 31.1 Å². The van der Waals surface area contributed by atoms with Crippen molar-refractivity contribution in [2.75, 3.05) is 26.2 Å². The number of allylic oxidation sites excluding steroid dienone is 2. The van der Waals surface area contributed by atoms with Gasteiger partial charge in [-0.1, -0.05) is 25.1 Å². The molecule has 158 valence electrons. The van der Waals surface area contributed by atoms with Crippen LogP contribution < -0.4 is 10.6 Å². The first-order valence-electron chi connectivity index (χ1n) is 10.2. The van der Waals surface area contributed by atoms with E-state index in [0.29, 0.717) is 25.6 Å². The third-order valence-corrected chi connectivity index (χ3v) is 7.19. The van der Waals surface area contributed by atoms with Gasteiger partial charge in [-0.25, -0.2) is 0 Å². The van der Waals surface area contributed by atoms with Gasteiger partial charge in [0.05, 0.1) is 18.4 Å². The Kier molecular flexibility index (Phi) is 7.37. The van der Waals surface area contributed by atoms with Gasteiger partial charge in [-0.15, -0.1) is 35.3 Å². The van der Waals surface area contributed by atoms with Gasteiger partial charge in [0.25, 0.3) is 0 Å². The van der Waals surface area contributed by atoms with Crippen LogP contribution in [0, 0.1) is 23.7 Å². The molecule has 8 heteroatoms. The van der Waals surface area contributed by atoms with Crippen LogP contribution in [0.5, 0.6) is 0 Å². The lowest BCUT2D eigenvalue weighted by atomic mass is 9.85. The number of imide groups is 1. The van der Waals surface area contributed by atoms with E-state index >= 15 is 0 Å². The van der Waals surface area contributed by atoms with Crippen LogP contribution in [-0.2, 0) is 9.59 Å². The number of hydrogen-bond acceptors (Lipinski definition) is 4. The SMILES string of the molecule is CCNC(=NCC(C)c1cccs1)NCCN1C(=O)C2C3C=CC(C3)C2C1=O.I. The predicted octanol–water partition coefficient (Wildman–Crippen LogP) is 2.83. The van der Waals surface area contributed by atoms with Gasteiger partial charge in [0, 0.05) is 30.4 Å². The molecular formula is C21H29IN4O2S. The fourth-order valence-electron chi connectivity index (χ4n) is 4.70. The Morgan fingerprint density at radius 1 is 1.24 bits per heavy atom. The largest absolute Gasteiger partial charge is 0.357 e. The number of hydrogen-bond donors (Lipinski definition) is 2. The lowest BCUT2D eigenvalue weighted by molar-refractivity contribution is -0.140. The van der Waals surface area contributed by atoms with Crippen molar-refractivity contribution in [3.63, 3.8) is 0 Å². The van der Waals surface area contributed by atoms with Crippen molar-refractivity contribution in [2.24, 2.45) is 28.7 Å². The highest BCUT2D eigenvalue weighted by Gasteiger charge is 2.58. The lowest BCUT2D eigenvalue weighted by Gasteiger charge is -2.19. The summed E-state index contributed by atoms with van der Waals surface area (Å²) in [6.07, 6.45) is 5.23. The quantitative estimate of drug-likeness (QED) is 0.188. The fraction of sp³-hybridized carbons (Fsp3) is 0.571. The van der Waals surface area contributed by atoms with Crippen LogP contribution in [0.25, 0.3) is 0 Å². The minimum absolute atomic E-state index is 0. The Balaban J connectivity index is 0.00000240. The Hall–Kier alpha value is -1.42. The second-order valence-electron chi connectivity index (χ2n) is 7.89. The molecule has 2 aliphatic carbocycles. The second kappa shape index (κ2) is 9.59. The Morgan fingerprint density at radius 2 is 1.93 bits per heavy atom. The Morgan fingerprint density at radius 3 is 2.52 bits per heavy atom. The summed E-state index contributed by atoms with van der Waals surface area (Å²) in [6.45, 7) is 6.56. The first-order chi connectivity index (χ1) is 13.6. The average Bonchev–Trinajstić information content (AvgIpc) is 3.46. The van der Waals surface area contributed by atoms with E-state index in [4.69, 9.17) is 0 Å². The van der Waals surface area contributed by atoms with Crippen LogP contribution >= 0.6 is 35.3 Å². The molecule has 2 fully saturated rings. The number of guanidine groups is 1. The number of halogens is 1. The molecule has 1 aromatic heterocycles. The van der Waals surface area contributed by atoms with Crippen LogP contribution in [0.2, 0.25) is 0 Å². The third kappa shape index (κ3) is 4.38. The third-order valence-electron chi connectivity index (χ3n) is 6.09. The smallest absolute Gasteiger partial charge is 0.233 e. The number of rotatable bonds is 7. The van der Waals surface area contributed by atoms with Gasteiger partial charge in [0.2, 0.25) is 11.8 Å². The zero-order valence-corrected chi connectivity index (χ0v) is 20.0. The standard InChI is InChI=1S/C21H28N4O2S.HI/c1-3-22-21(24-12-13(2)16-5-4-10-28-16)23-8-9-25-19(26)17-14-6-7-15(11-14)18(17)20(25)27;/h4-7,10,13-15,17-18H,3,8-9,11-12H2,1-2H3,(H2,22,23,24);1H. The molecule has 29 heavy (non-hydrogen) atoms. The van der Waals surface area contributed by atoms with Crippen molar-refractivity contribution in [3.8, 4) is 0 Å². The minimum Gasteiger partial charge on any atom is -0.357 e. The van der Waals surface area contributed by atoms with E-state index in [1.165, 1.54) is 9.78 Å². The number of carbonyl (C=O) groups excluding carboxylic acids is 2. The van der Waals surface area contributed by atoms with Crippen molar-refractivity contribution in [1.82, 2.24) is 15.5 Å². The molecular weight excluding hydrogens is 499 g/mol. The van der Waals surface area contributed by atoms with Crippen molar-refractivity contribution in [2.45, 2.75) is 26.2 Å². The molecule has 4 rings (SSSR count). The van der Waals surface area contributed by atoms with Crippen LogP contribution in [0.3, 0.4) is 0 Å². The molecule has 2 N–H and O–H groups in total. The highest BCUT2D eigenvalue weighted by atomic mass is 127. The van der Waals surface area contributed by atoms with Gasteiger partial charge in [-0.05, 0) is 36.6 Å². The summed E-state index contributed by atoms with van der Waals surface area (Å²) in [5.74, 6) is 1.42. The molecule has 1 saturated carbocycles. The summed E-state index contributed by atoms with van der Waals surface area (Å²) >= 11 is 1.75. The molecule has 1 saturated heterocycles. The number of likely N-dealkylation sites (tertiary alicyclic amines) is 1. The molecule has 6 nitrogen and oxygen atoms in total. The Labute approximate surface area is 193 Å². The summed E-state index contributed by atoms with van der Waals surface area (Å²) in [7, 11) is 0. The van der Waals surface area contributed by atoms with Gasteiger partial charge in [0.15, 0.2) is 5.96 Å². The Bertz CT molecular complexity index is 765. The van der Waals surface area contributed by atoms with Gasteiger partial charge >= 0.3 is 0 Å². The van der Waals surface area contributed by atoms with Crippen molar-refractivity contribution in [1.29, 1.82) is 0 Å². The maximum Gasteiger partial charge on any atom is 0.233 e. The van der Waals surface area contributed by atoms with Crippen molar-refractivity contribution < 1.29 is 9.59 Å². The van der Waals surface area contributed by atoms with E-state index in [1.54, 1.807) is 11.3 Å². The molecule has 1 aliphatic heterocycles. The first-order valence-corrected chi connectivity index (χ1v) is 11.1. The fourth-order valence-corrected chi connectivity index (χ4v) is 5.48. The van der Waals surface area contributed by atoms with E-state index in [2.05, 4.69) is 52.2 Å². The van der Waals surface area contributed by atoms with Crippen LogP contribution in [0.4, 0.5) is 0 Å². The molecule has 0 radical (unpaired) electrons. The molecule has 5 unspecified atom stereocenters. The number of nitrogens with one attached hydrogen (secondary N) is 2. The highest BCUT2D eigenvalue weighted by molar-refractivity contribution is 14.0. The number of aliphatic imine (C=N–C) groups is 1. The molecule has 5 atom stereocenters. The predicted molar refractivity (Wildman–Crippen MR) is 127 cm³/mol. The molecule has 0 spiro atoms. The maximum atomic E-state index is 12.7. The molecule has 1 aromatic rings. The molecule has 0 aromatic carbocycles. The summed E-state index contributed by atoms with van der Waals surface area (Å²) in [4.78, 5) is 32.9. The average molecular weight is 528 g/mol. The van der Waals surface area contributed by atoms with Crippen LogP contribution in [0.15, 0.2) is 34.7 Å². The van der Waals surface area contributed by atoms with E-state index in [-0.39, 0.29) is 59.5 Å². The molecule has 2 heterocycles. The summed E-state index contributed by atoms with van der Waals surface area (Å²) in [6, 6.07) is 4.19. The summed E-state index contributed by atoms with van der Waals surface area (Å²) < 4.78 is 0. The first kappa shape index (κ1) is 22.3. The van der Waals surface area contributed by atoms with Gasteiger partial charge in [0.1, 0.15) is 0 Å². The number of carbonyl (C=O) groups is 2. The maximum absolute atomic E-state index is 12.7. The molecule has 2 amide bonds. The van der Waals surface area contributed by atoms with Gasteiger partial charge in [-0.2, -0.15) is 0 Å². The minimum atomic E-state index is -0.115. The van der Waals surface area contributed by atoms with Crippen LogP contribution in [-0.4, -0.2) is 48.9 Å². The van der Waals surface area contributed by atoms with Gasteiger partial charge in [-0.3, -0.25) is 19.5 Å². The number of nitrogens with zero attached hydrogens (tertiary/aromatic N) is 2. The number of fused-ring (bicyclic) bond motifs is 5. The second-order valence-corrected chi connectivity index (χ2v) is 8.87. The van der Waals surface area contributed by atoms with Crippen molar-refractivity contribution in [3.05, 3.63) is 34.5 Å². The highest BCUT2D eigenvalue weighted by Crippen LogP contribution is 2.52. The zero-order valence-electron chi connectivity index (χ0n) is 16.8. The van der Waals surface area contributed by atoms with Crippen molar-refractivity contribution >= 4 is 53.1 Å². The monoisotopic (exact) mass is 528 g/mol. The number of thiophene rings is 1. The zero-order chi connectivity index (χ0) is 19.7. The van der Waals surface area contributed by atoms with E-state index in [0.717, 1.165) is 18.9 Å². The number of amides is 2. The van der Waals surface area contributed by atoms with E-state index in [9.17, 15) is 9.59 Å².